The Morgan fingerprint density at radius 2 is 1.96 bits per heavy atom. The predicted octanol–water partition coefficient (Wildman–Crippen LogP) is 3.81. The Kier molecular flexibility index (Phi) is 3.46. The highest BCUT2D eigenvalue weighted by atomic mass is 19.1. The van der Waals surface area contributed by atoms with E-state index in [4.69, 9.17) is 4.42 Å². The van der Waals surface area contributed by atoms with Crippen molar-refractivity contribution in [2.75, 3.05) is 13.1 Å². The van der Waals surface area contributed by atoms with E-state index in [1.807, 2.05) is 24.4 Å². The average molecular weight is 351 g/mol. The summed E-state index contributed by atoms with van der Waals surface area (Å²) >= 11 is 0. The van der Waals surface area contributed by atoms with Gasteiger partial charge in [-0.1, -0.05) is 6.07 Å². The summed E-state index contributed by atoms with van der Waals surface area (Å²) < 4.78 is 20.7. The summed E-state index contributed by atoms with van der Waals surface area (Å²) in [6.45, 7) is 1.82. The van der Waals surface area contributed by atoms with Gasteiger partial charge < -0.3 is 14.7 Å². The van der Waals surface area contributed by atoms with Crippen LogP contribution in [0.3, 0.4) is 0 Å². The quantitative estimate of drug-likeness (QED) is 0.577. The van der Waals surface area contributed by atoms with Crippen LogP contribution in [0.25, 0.3) is 33.1 Å². The molecule has 0 aliphatic carbocycles. The largest absolute Gasteiger partial charge is 0.420 e. The van der Waals surface area contributed by atoms with Crippen molar-refractivity contribution in [1.29, 1.82) is 0 Å². The molecule has 4 aromatic rings. The molecule has 2 N–H and O–H groups in total. The molecular weight excluding hydrogens is 333 g/mol. The van der Waals surface area contributed by atoms with Gasteiger partial charge in [0.2, 0.25) is 0 Å². The van der Waals surface area contributed by atoms with Gasteiger partial charge in [-0.2, -0.15) is 0 Å². The van der Waals surface area contributed by atoms with Crippen molar-refractivity contribution >= 4 is 22.0 Å². The summed E-state index contributed by atoms with van der Waals surface area (Å²) in [6.07, 6.45) is 3.70. The molecule has 0 spiro atoms. The molecule has 6 heteroatoms. The Labute approximate surface area is 148 Å². The van der Waals surface area contributed by atoms with Crippen LogP contribution in [0.4, 0.5) is 4.39 Å². The maximum absolute atomic E-state index is 13.4. The van der Waals surface area contributed by atoms with Gasteiger partial charge in [-0.25, -0.2) is 9.18 Å². The van der Waals surface area contributed by atoms with Gasteiger partial charge >= 0.3 is 5.76 Å². The van der Waals surface area contributed by atoms with Crippen LogP contribution in [0.2, 0.25) is 0 Å². The Balaban J connectivity index is 1.63. The Bertz CT molecular complexity index is 1160. The highest BCUT2D eigenvalue weighted by molar-refractivity contribution is 5.97. The van der Waals surface area contributed by atoms with E-state index in [2.05, 4.69) is 10.3 Å². The summed E-state index contributed by atoms with van der Waals surface area (Å²) in [6, 6.07) is 10.7. The number of aromatic amines is 1. The van der Waals surface area contributed by atoms with Crippen molar-refractivity contribution in [3.8, 4) is 11.1 Å². The molecule has 26 heavy (non-hydrogen) atoms. The number of oxazole rings is 1. The van der Waals surface area contributed by atoms with E-state index >= 15 is 0 Å². The van der Waals surface area contributed by atoms with E-state index in [-0.39, 0.29) is 17.6 Å². The van der Waals surface area contributed by atoms with E-state index in [1.165, 1.54) is 12.1 Å². The Morgan fingerprint density at radius 1 is 1.12 bits per heavy atom. The van der Waals surface area contributed by atoms with Crippen molar-refractivity contribution in [3.63, 3.8) is 0 Å². The number of hydrogen-bond acceptors (Lipinski definition) is 3. The maximum Gasteiger partial charge on any atom is 0.420 e. The van der Waals surface area contributed by atoms with Crippen molar-refractivity contribution < 1.29 is 8.81 Å². The van der Waals surface area contributed by atoms with E-state index < -0.39 is 0 Å². The van der Waals surface area contributed by atoms with E-state index in [9.17, 15) is 9.18 Å². The normalized spacial score (nSPS) is 15.9. The minimum absolute atomic E-state index is 0.173. The van der Waals surface area contributed by atoms with E-state index in [0.717, 1.165) is 53.5 Å². The van der Waals surface area contributed by atoms with Crippen molar-refractivity contribution in [2.45, 2.75) is 18.9 Å². The number of nitrogens with zero attached hydrogens (tertiary/aromatic N) is 1. The highest BCUT2D eigenvalue weighted by Gasteiger charge is 2.21. The SMILES string of the molecule is O=c1oc2cc(-c3c[nH]c4cc(F)ccc34)ccc2n1C1CCNCC1. The van der Waals surface area contributed by atoms with Crippen molar-refractivity contribution in [2.24, 2.45) is 0 Å². The molecule has 0 amide bonds. The number of fused-ring (bicyclic) bond motifs is 2. The number of nitrogens with one attached hydrogen (secondary N) is 2. The molecule has 0 unspecified atom stereocenters. The molecule has 3 heterocycles. The standard InChI is InChI=1S/C20H18FN3O2/c21-13-2-3-15-16(11-23-17(15)10-13)12-1-4-18-19(9-12)26-20(25)24(18)14-5-7-22-8-6-14/h1-4,9-11,14,22-23H,5-8H2. The lowest BCUT2D eigenvalue weighted by atomic mass is 10.0. The van der Waals surface area contributed by atoms with Gasteiger partial charge in [0, 0.05) is 28.7 Å². The molecule has 1 fully saturated rings. The van der Waals surface area contributed by atoms with E-state index in [0.29, 0.717) is 5.58 Å². The van der Waals surface area contributed by atoms with E-state index in [1.54, 1.807) is 10.6 Å². The smallest absolute Gasteiger partial charge is 0.408 e. The third-order valence-electron chi connectivity index (χ3n) is 5.24. The number of hydrogen-bond donors (Lipinski definition) is 2. The first-order valence-electron chi connectivity index (χ1n) is 8.83. The van der Waals surface area contributed by atoms with Gasteiger partial charge in [-0.3, -0.25) is 4.57 Å². The summed E-state index contributed by atoms with van der Waals surface area (Å²) in [5, 5.41) is 4.25. The fourth-order valence-electron chi connectivity index (χ4n) is 3.95. The second kappa shape index (κ2) is 5.85. The lowest BCUT2D eigenvalue weighted by Gasteiger charge is -2.23. The van der Waals surface area contributed by atoms with Crippen LogP contribution in [0, 0.1) is 5.82 Å². The second-order valence-electron chi connectivity index (χ2n) is 6.79. The molecule has 2 aromatic carbocycles. The number of benzene rings is 2. The molecule has 132 valence electrons. The molecule has 0 saturated carbocycles. The number of rotatable bonds is 2. The van der Waals surface area contributed by atoms with Crippen LogP contribution in [-0.4, -0.2) is 22.6 Å². The molecule has 0 radical (unpaired) electrons. The summed E-state index contributed by atoms with van der Waals surface area (Å²) in [4.78, 5) is 15.5. The molecule has 1 aliphatic rings. The van der Waals surface area contributed by atoms with Gasteiger partial charge in [0.25, 0.3) is 0 Å². The van der Waals surface area contributed by atoms with Crippen molar-refractivity contribution in [3.05, 3.63) is 59.0 Å². The van der Waals surface area contributed by atoms with Gasteiger partial charge in [0.1, 0.15) is 5.82 Å². The monoisotopic (exact) mass is 351 g/mol. The first kappa shape index (κ1) is 15.4. The molecule has 5 nitrogen and oxygen atoms in total. The second-order valence-corrected chi connectivity index (χ2v) is 6.79. The molecule has 1 aliphatic heterocycles. The third-order valence-corrected chi connectivity index (χ3v) is 5.24. The summed E-state index contributed by atoms with van der Waals surface area (Å²) in [5.41, 5.74) is 4.05. The number of aromatic nitrogens is 2. The van der Waals surface area contributed by atoms with Crippen LogP contribution in [0.1, 0.15) is 18.9 Å². The van der Waals surface area contributed by atoms with Gasteiger partial charge in [0.05, 0.1) is 5.52 Å². The maximum atomic E-state index is 13.4. The molecule has 0 atom stereocenters. The number of H-pyrrole nitrogens is 1. The Hall–Kier alpha value is -2.86. The van der Waals surface area contributed by atoms with Gasteiger partial charge in [0.15, 0.2) is 5.58 Å². The van der Waals surface area contributed by atoms with Crippen molar-refractivity contribution in [1.82, 2.24) is 14.9 Å². The van der Waals surface area contributed by atoms with Crippen LogP contribution in [0.5, 0.6) is 0 Å². The minimum atomic E-state index is -0.301. The molecule has 0 bridgehead atoms. The molecular formula is C20H18FN3O2. The topological polar surface area (TPSA) is 63.0 Å². The first-order valence-corrected chi connectivity index (χ1v) is 8.83. The van der Waals surface area contributed by atoms with Crippen LogP contribution in [0.15, 0.2) is 51.8 Å². The number of piperidine rings is 1. The van der Waals surface area contributed by atoms with Gasteiger partial charge in [-0.05, 0) is 61.8 Å². The zero-order chi connectivity index (χ0) is 17.7. The zero-order valence-electron chi connectivity index (χ0n) is 14.1. The summed E-state index contributed by atoms with van der Waals surface area (Å²) in [5.74, 6) is -0.573. The molecule has 2 aromatic heterocycles. The zero-order valence-corrected chi connectivity index (χ0v) is 14.1. The summed E-state index contributed by atoms with van der Waals surface area (Å²) in [7, 11) is 0. The first-order chi connectivity index (χ1) is 12.7. The van der Waals surface area contributed by atoms with Crippen LogP contribution in [-0.2, 0) is 0 Å². The lowest BCUT2D eigenvalue weighted by Crippen LogP contribution is -2.32. The predicted molar refractivity (Wildman–Crippen MR) is 98.9 cm³/mol. The molecule has 1 saturated heterocycles. The highest BCUT2D eigenvalue weighted by Crippen LogP contribution is 2.32. The Morgan fingerprint density at radius 3 is 2.81 bits per heavy atom. The third kappa shape index (κ3) is 2.37. The average Bonchev–Trinajstić information content (AvgIpc) is 3.21. The van der Waals surface area contributed by atoms with Crippen LogP contribution < -0.4 is 11.1 Å². The minimum Gasteiger partial charge on any atom is -0.408 e. The lowest BCUT2D eigenvalue weighted by molar-refractivity contribution is 0.349. The van der Waals surface area contributed by atoms with Crippen LogP contribution >= 0.6 is 0 Å². The fourth-order valence-corrected chi connectivity index (χ4v) is 3.95. The number of halogens is 1. The molecule has 5 rings (SSSR count). The fraction of sp³-hybridized carbons (Fsp3) is 0.250. The van der Waals surface area contributed by atoms with Gasteiger partial charge in [-0.15, -0.1) is 0 Å².